The van der Waals surface area contributed by atoms with Gasteiger partial charge in [0.2, 0.25) is 0 Å². The van der Waals surface area contributed by atoms with Crippen LogP contribution in [0, 0.1) is 29.6 Å². The van der Waals surface area contributed by atoms with Crippen LogP contribution in [-0.2, 0) is 9.84 Å². The van der Waals surface area contributed by atoms with Crippen molar-refractivity contribution in [2.45, 2.75) is 52.0 Å². The smallest absolute Gasteiger partial charge is 0.150 e. The molecule has 5 unspecified atom stereocenters. The third-order valence-corrected chi connectivity index (χ3v) is 7.93. The van der Waals surface area contributed by atoms with Crippen molar-refractivity contribution in [3.8, 4) is 0 Å². The van der Waals surface area contributed by atoms with Gasteiger partial charge in [-0.1, -0.05) is 13.8 Å². The van der Waals surface area contributed by atoms with E-state index in [1.54, 1.807) is 6.92 Å². The summed E-state index contributed by atoms with van der Waals surface area (Å²) in [5.74, 6) is 5.52. The number of nitrogens with one attached hydrogen (secondary N) is 1. The lowest BCUT2D eigenvalue weighted by molar-refractivity contribution is 0.351. The fourth-order valence-corrected chi connectivity index (χ4v) is 6.19. The molecule has 5 atom stereocenters. The number of fused-ring (bicyclic) bond motifs is 5. The van der Waals surface area contributed by atoms with Crippen molar-refractivity contribution in [2.24, 2.45) is 29.6 Å². The highest BCUT2D eigenvalue weighted by Gasteiger charge is 2.66. The van der Waals surface area contributed by atoms with E-state index in [1.165, 1.54) is 19.3 Å². The first-order valence-electron chi connectivity index (χ1n) is 8.51. The predicted molar refractivity (Wildman–Crippen MR) is 82.3 cm³/mol. The summed E-state index contributed by atoms with van der Waals surface area (Å²) in [6.45, 7) is 4.93. The van der Waals surface area contributed by atoms with Gasteiger partial charge in [0, 0.05) is 11.8 Å². The molecule has 0 spiro atoms. The van der Waals surface area contributed by atoms with Crippen LogP contribution < -0.4 is 5.32 Å². The average Bonchev–Trinajstić information content (AvgIpc) is 2.85. The Kier molecular flexibility index (Phi) is 4.15. The van der Waals surface area contributed by atoms with Crippen LogP contribution in [0.15, 0.2) is 0 Å². The quantitative estimate of drug-likeness (QED) is 0.749. The van der Waals surface area contributed by atoms with Gasteiger partial charge in [0.1, 0.15) is 9.84 Å². The molecule has 3 saturated carbocycles. The van der Waals surface area contributed by atoms with Crippen molar-refractivity contribution < 1.29 is 8.42 Å². The van der Waals surface area contributed by atoms with Crippen molar-refractivity contribution in [1.82, 2.24) is 5.32 Å². The lowest BCUT2D eigenvalue weighted by Gasteiger charge is -2.21. The highest BCUT2D eigenvalue weighted by molar-refractivity contribution is 7.91. The van der Waals surface area contributed by atoms with Crippen molar-refractivity contribution in [3.63, 3.8) is 0 Å². The maximum absolute atomic E-state index is 11.6. The van der Waals surface area contributed by atoms with Crippen LogP contribution in [0.5, 0.6) is 0 Å². The van der Waals surface area contributed by atoms with Gasteiger partial charge in [-0.05, 0) is 68.2 Å². The summed E-state index contributed by atoms with van der Waals surface area (Å²) in [4.78, 5) is 0. The molecule has 0 aliphatic heterocycles. The summed E-state index contributed by atoms with van der Waals surface area (Å²) in [6.07, 6.45) is 6.30. The second-order valence-corrected chi connectivity index (χ2v) is 9.58. The second-order valence-electron chi connectivity index (χ2n) is 7.11. The molecule has 3 fully saturated rings. The van der Waals surface area contributed by atoms with Gasteiger partial charge in [0.25, 0.3) is 0 Å². The summed E-state index contributed by atoms with van der Waals surface area (Å²) in [6, 6.07) is 0.574. The fourth-order valence-electron chi connectivity index (χ4n) is 5.29. The minimum absolute atomic E-state index is 0.289. The van der Waals surface area contributed by atoms with Gasteiger partial charge >= 0.3 is 0 Å². The standard InChI is InChI=1S/C16H29NO2S/c1-3-17-13(6-5-9-20(18,19)4-2)16-14-11-7-8-12(10-11)15(14)16/h11-17H,3-10H2,1-2H3. The van der Waals surface area contributed by atoms with E-state index >= 15 is 0 Å². The van der Waals surface area contributed by atoms with Crippen LogP contribution in [-0.4, -0.2) is 32.5 Å². The molecule has 20 heavy (non-hydrogen) atoms. The van der Waals surface area contributed by atoms with Crippen LogP contribution >= 0.6 is 0 Å². The Morgan fingerprint density at radius 2 is 1.80 bits per heavy atom. The Labute approximate surface area is 123 Å². The van der Waals surface area contributed by atoms with E-state index in [0.29, 0.717) is 11.8 Å². The topological polar surface area (TPSA) is 46.2 Å². The molecule has 2 bridgehead atoms. The zero-order valence-electron chi connectivity index (χ0n) is 12.8. The molecule has 0 heterocycles. The first-order chi connectivity index (χ1) is 9.57. The molecule has 0 amide bonds. The van der Waals surface area contributed by atoms with Crippen molar-refractivity contribution >= 4 is 9.84 Å². The minimum atomic E-state index is -2.79. The zero-order chi connectivity index (χ0) is 14.3. The predicted octanol–water partition coefficient (Wildman–Crippen LogP) is 2.47. The second kappa shape index (κ2) is 5.60. The lowest BCUT2D eigenvalue weighted by atomic mass is 9.95. The average molecular weight is 299 g/mol. The van der Waals surface area contributed by atoms with Gasteiger partial charge in [-0.25, -0.2) is 8.42 Å². The van der Waals surface area contributed by atoms with Gasteiger partial charge in [-0.15, -0.1) is 0 Å². The molecule has 3 aliphatic rings. The molecule has 0 radical (unpaired) electrons. The van der Waals surface area contributed by atoms with Crippen LogP contribution in [0.25, 0.3) is 0 Å². The zero-order valence-corrected chi connectivity index (χ0v) is 13.7. The Morgan fingerprint density at radius 1 is 1.15 bits per heavy atom. The third-order valence-electron chi connectivity index (χ3n) is 6.14. The molecule has 3 aliphatic carbocycles. The van der Waals surface area contributed by atoms with E-state index in [1.807, 2.05) is 0 Å². The van der Waals surface area contributed by atoms with Crippen molar-refractivity contribution in [3.05, 3.63) is 0 Å². The molecular formula is C16H29NO2S. The minimum Gasteiger partial charge on any atom is -0.314 e. The highest BCUT2D eigenvalue weighted by atomic mass is 32.2. The summed E-state index contributed by atoms with van der Waals surface area (Å²) < 4.78 is 23.2. The highest BCUT2D eigenvalue weighted by Crippen LogP contribution is 2.70. The molecule has 0 saturated heterocycles. The Morgan fingerprint density at radius 3 is 2.35 bits per heavy atom. The van der Waals surface area contributed by atoms with Gasteiger partial charge in [-0.3, -0.25) is 0 Å². The summed E-state index contributed by atoms with van der Waals surface area (Å²) in [5.41, 5.74) is 0. The normalized spacial score (nSPS) is 39.8. The van der Waals surface area contributed by atoms with Gasteiger partial charge in [0.05, 0.1) is 5.75 Å². The van der Waals surface area contributed by atoms with Gasteiger partial charge in [-0.2, -0.15) is 0 Å². The summed E-state index contributed by atoms with van der Waals surface area (Å²) >= 11 is 0. The first-order valence-corrected chi connectivity index (χ1v) is 10.3. The first kappa shape index (κ1) is 14.8. The van der Waals surface area contributed by atoms with E-state index in [4.69, 9.17) is 0 Å². The van der Waals surface area contributed by atoms with E-state index in [-0.39, 0.29) is 5.75 Å². The molecular weight excluding hydrogens is 270 g/mol. The van der Waals surface area contributed by atoms with E-state index < -0.39 is 9.84 Å². The summed E-state index contributed by atoms with van der Waals surface area (Å²) in [7, 11) is -2.79. The van der Waals surface area contributed by atoms with Crippen molar-refractivity contribution in [1.29, 1.82) is 0 Å². The molecule has 0 aromatic heterocycles. The molecule has 0 aromatic carbocycles. The van der Waals surface area contributed by atoms with Crippen LogP contribution in [0.1, 0.15) is 46.0 Å². The third kappa shape index (κ3) is 2.66. The van der Waals surface area contributed by atoms with Crippen LogP contribution in [0.4, 0.5) is 0 Å². The maximum atomic E-state index is 11.6. The number of hydrogen-bond donors (Lipinski definition) is 1. The maximum Gasteiger partial charge on any atom is 0.150 e. The number of hydrogen-bond acceptors (Lipinski definition) is 3. The number of sulfone groups is 1. The van der Waals surface area contributed by atoms with Crippen LogP contribution in [0.2, 0.25) is 0 Å². The van der Waals surface area contributed by atoms with E-state index in [2.05, 4.69) is 12.2 Å². The molecule has 3 rings (SSSR count). The van der Waals surface area contributed by atoms with E-state index in [0.717, 1.165) is 49.0 Å². The molecule has 0 aromatic rings. The van der Waals surface area contributed by atoms with Gasteiger partial charge < -0.3 is 5.32 Å². The fraction of sp³-hybridized carbons (Fsp3) is 1.00. The van der Waals surface area contributed by atoms with Crippen molar-refractivity contribution in [2.75, 3.05) is 18.1 Å². The molecule has 1 N–H and O–H groups in total. The molecule has 116 valence electrons. The summed E-state index contributed by atoms with van der Waals surface area (Å²) in [5, 5.41) is 3.65. The monoisotopic (exact) mass is 299 g/mol. The SMILES string of the molecule is CCNC(CCCS(=O)(=O)CC)C1C2C3CCC(C3)C21. The Hall–Kier alpha value is -0.0900. The van der Waals surface area contributed by atoms with E-state index in [9.17, 15) is 8.42 Å². The Balaban J connectivity index is 1.53. The number of rotatable bonds is 8. The molecule has 4 heteroatoms. The lowest BCUT2D eigenvalue weighted by Crippen LogP contribution is -2.33. The Bertz CT molecular complexity index is 431. The molecule has 3 nitrogen and oxygen atoms in total. The van der Waals surface area contributed by atoms with Gasteiger partial charge in [0.15, 0.2) is 0 Å². The van der Waals surface area contributed by atoms with Crippen LogP contribution in [0.3, 0.4) is 0 Å². The largest absolute Gasteiger partial charge is 0.314 e.